The average molecular weight is 426 g/mol. The molecule has 0 spiro atoms. The number of nitrogens with zero attached hydrogens (tertiary/aromatic N) is 2. The molecule has 9 heteroatoms. The van der Waals surface area contributed by atoms with E-state index >= 15 is 0 Å². The topological polar surface area (TPSA) is 69.7 Å². The van der Waals surface area contributed by atoms with E-state index in [1.165, 1.54) is 16.4 Å². The highest BCUT2D eigenvalue weighted by atomic mass is 35.5. The van der Waals surface area contributed by atoms with Gasteiger partial charge in [-0.3, -0.25) is 4.79 Å². The lowest BCUT2D eigenvalue weighted by atomic mass is 10.1. The predicted molar refractivity (Wildman–Crippen MR) is 105 cm³/mol. The van der Waals surface area contributed by atoms with Crippen LogP contribution >= 0.6 is 11.6 Å². The lowest BCUT2D eigenvalue weighted by Crippen LogP contribution is -2.40. The second-order valence-corrected chi connectivity index (χ2v) is 9.01. The zero-order valence-corrected chi connectivity index (χ0v) is 16.9. The lowest BCUT2D eigenvalue weighted by molar-refractivity contribution is -0.121. The second-order valence-electron chi connectivity index (χ2n) is 6.67. The van der Waals surface area contributed by atoms with Crippen molar-refractivity contribution in [2.75, 3.05) is 19.6 Å². The first-order valence-corrected chi connectivity index (χ1v) is 10.5. The van der Waals surface area contributed by atoms with Gasteiger partial charge in [0.2, 0.25) is 5.91 Å². The van der Waals surface area contributed by atoms with Crippen molar-refractivity contribution in [2.45, 2.75) is 20.0 Å². The smallest absolute Gasteiger partial charge is 0.282 e. The minimum Gasteiger partial charge on any atom is -0.351 e. The minimum absolute atomic E-state index is 0.0307. The molecule has 0 radical (unpaired) electrons. The van der Waals surface area contributed by atoms with E-state index in [-0.39, 0.29) is 37.1 Å². The summed E-state index contributed by atoms with van der Waals surface area (Å²) in [6.45, 7) is 2.54. The zero-order valence-electron chi connectivity index (χ0n) is 15.4. The maximum absolute atomic E-state index is 13.2. The summed E-state index contributed by atoms with van der Waals surface area (Å²) in [7, 11) is -3.78. The summed E-state index contributed by atoms with van der Waals surface area (Å²) in [6, 6.07) is 11.6. The van der Waals surface area contributed by atoms with E-state index in [0.717, 1.165) is 21.5 Å². The van der Waals surface area contributed by atoms with Crippen molar-refractivity contribution in [3.8, 4) is 0 Å². The summed E-state index contributed by atoms with van der Waals surface area (Å²) >= 11 is 5.99. The molecule has 1 heterocycles. The average Bonchev–Trinajstić information content (AvgIpc) is 2.91. The molecule has 1 saturated heterocycles. The van der Waals surface area contributed by atoms with Crippen molar-refractivity contribution in [1.82, 2.24) is 13.9 Å². The molecule has 0 atom stereocenters. The third kappa shape index (κ3) is 4.88. The first-order valence-electron chi connectivity index (χ1n) is 8.77. The number of nitrogens with one attached hydrogen (secondary N) is 1. The van der Waals surface area contributed by atoms with Crippen LogP contribution in [0.25, 0.3) is 0 Å². The molecule has 6 nitrogen and oxygen atoms in total. The molecule has 0 bridgehead atoms. The van der Waals surface area contributed by atoms with E-state index in [9.17, 15) is 17.6 Å². The van der Waals surface area contributed by atoms with Crippen LogP contribution in [-0.2, 0) is 28.1 Å². The van der Waals surface area contributed by atoms with Crippen molar-refractivity contribution in [3.63, 3.8) is 0 Å². The number of hydrogen-bond acceptors (Lipinski definition) is 3. The number of aryl methyl sites for hydroxylation is 1. The molecular formula is C19H21ClFN3O3S. The number of rotatable bonds is 6. The van der Waals surface area contributed by atoms with Crippen LogP contribution in [0.3, 0.4) is 0 Å². The molecule has 1 N–H and O–H groups in total. The molecule has 0 unspecified atom stereocenters. The Bertz CT molecular complexity index is 967. The molecule has 1 amide bonds. The summed E-state index contributed by atoms with van der Waals surface area (Å²) < 4.78 is 40.9. The quantitative estimate of drug-likeness (QED) is 0.773. The van der Waals surface area contributed by atoms with Crippen LogP contribution in [0.2, 0.25) is 5.02 Å². The van der Waals surface area contributed by atoms with E-state index in [1.807, 2.05) is 31.2 Å². The number of halogens is 2. The molecule has 150 valence electrons. The van der Waals surface area contributed by atoms with E-state index in [0.29, 0.717) is 12.1 Å². The summed E-state index contributed by atoms with van der Waals surface area (Å²) in [5.41, 5.74) is 2.58. The fourth-order valence-electron chi connectivity index (χ4n) is 2.90. The number of hydrogen-bond donors (Lipinski definition) is 1. The molecule has 0 aromatic heterocycles. The van der Waals surface area contributed by atoms with Gasteiger partial charge in [0.1, 0.15) is 5.82 Å². The van der Waals surface area contributed by atoms with E-state index in [2.05, 4.69) is 5.32 Å². The first kappa shape index (κ1) is 20.7. The van der Waals surface area contributed by atoms with Crippen LogP contribution in [0.15, 0.2) is 42.5 Å². The Labute approximate surface area is 169 Å². The third-order valence-corrected chi connectivity index (χ3v) is 6.82. The second kappa shape index (κ2) is 8.57. The Kier molecular flexibility index (Phi) is 6.34. The van der Waals surface area contributed by atoms with E-state index < -0.39 is 16.0 Å². The van der Waals surface area contributed by atoms with Crippen molar-refractivity contribution in [1.29, 1.82) is 0 Å². The lowest BCUT2D eigenvalue weighted by Gasteiger charge is -2.19. The highest BCUT2D eigenvalue weighted by molar-refractivity contribution is 7.87. The fourth-order valence-corrected chi connectivity index (χ4v) is 4.66. The zero-order chi connectivity index (χ0) is 20.3. The number of carbonyl (C=O) groups is 1. The normalized spacial score (nSPS) is 17.0. The Morgan fingerprint density at radius 2 is 1.82 bits per heavy atom. The third-order valence-electron chi connectivity index (χ3n) is 4.54. The molecule has 3 rings (SSSR count). The van der Waals surface area contributed by atoms with Gasteiger partial charge in [0.25, 0.3) is 10.2 Å². The fraction of sp³-hybridized carbons (Fsp3) is 0.316. The van der Waals surface area contributed by atoms with Gasteiger partial charge >= 0.3 is 0 Å². The van der Waals surface area contributed by atoms with E-state index in [4.69, 9.17) is 11.6 Å². The predicted octanol–water partition coefficient (Wildman–Crippen LogP) is 2.47. The van der Waals surface area contributed by atoms with Crippen molar-refractivity contribution in [2.24, 2.45) is 0 Å². The maximum Gasteiger partial charge on any atom is 0.282 e. The molecular weight excluding hydrogens is 405 g/mol. The van der Waals surface area contributed by atoms with E-state index in [1.54, 1.807) is 0 Å². The van der Waals surface area contributed by atoms with Crippen LogP contribution in [0.1, 0.15) is 16.7 Å². The molecule has 0 saturated carbocycles. The molecule has 28 heavy (non-hydrogen) atoms. The Hall–Kier alpha value is -2.00. The van der Waals surface area contributed by atoms with Crippen LogP contribution in [0.4, 0.5) is 4.39 Å². The maximum atomic E-state index is 13.2. The largest absolute Gasteiger partial charge is 0.351 e. The molecule has 2 aromatic rings. The van der Waals surface area contributed by atoms with Crippen molar-refractivity contribution >= 4 is 27.7 Å². The highest BCUT2D eigenvalue weighted by Gasteiger charge is 2.37. The molecule has 0 aliphatic carbocycles. The van der Waals surface area contributed by atoms with Gasteiger partial charge in [-0.25, -0.2) is 4.39 Å². The van der Waals surface area contributed by atoms with Gasteiger partial charge in [-0.15, -0.1) is 0 Å². The molecule has 2 aromatic carbocycles. The number of amides is 1. The van der Waals surface area contributed by atoms with Crippen molar-refractivity contribution < 1.29 is 17.6 Å². The Morgan fingerprint density at radius 3 is 2.50 bits per heavy atom. The van der Waals surface area contributed by atoms with Gasteiger partial charge < -0.3 is 5.32 Å². The molecule has 1 aliphatic rings. The van der Waals surface area contributed by atoms with Gasteiger partial charge in [-0.05, 0) is 30.2 Å². The summed E-state index contributed by atoms with van der Waals surface area (Å²) in [5, 5.41) is 2.91. The summed E-state index contributed by atoms with van der Waals surface area (Å²) in [4.78, 5) is 12.2. The number of benzene rings is 2. The van der Waals surface area contributed by atoms with Gasteiger partial charge in [0.15, 0.2) is 0 Å². The van der Waals surface area contributed by atoms with Gasteiger partial charge in [-0.2, -0.15) is 17.0 Å². The van der Waals surface area contributed by atoms with Crippen LogP contribution in [0, 0.1) is 12.7 Å². The van der Waals surface area contributed by atoms with Crippen LogP contribution in [-0.4, -0.2) is 42.6 Å². The molecule has 1 aliphatic heterocycles. The van der Waals surface area contributed by atoms with Gasteiger partial charge in [-0.1, -0.05) is 47.5 Å². The Morgan fingerprint density at radius 1 is 1.14 bits per heavy atom. The minimum atomic E-state index is -3.78. The van der Waals surface area contributed by atoms with Gasteiger partial charge in [0, 0.05) is 31.2 Å². The molecule has 1 fully saturated rings. The summed E-state index contributed by atoms with van der Waals surface area (Å²) in [5.74, 6) is -0.851. The van der Waals surface area contributed by atoms with Gasteiger partial charge in [0.05, 0.1) is 6.54 Å². The standard InChI is InChI=1S/C19H21ClFN3O3S/c1-14-2-4-15(5-3-14)11-22-19(25)13-24-9-8-23(28(24,26)27)12-16-6-7-17(21)10-18(16)20/h2-7,10H,8-9,11-13H2,1H3,(H,22,25). The first-order chi connectivity index (χ1) is 13.3. The van der Waals surface area contributed by atoms with Crippen molar-refractivity contribution in [3.05, 3.63) is 70.0 Å². The highest BCUT2D eigenvalue weighted by Crippen LogP contribution is 2.24. The van der Waals surface area contributed by atoms with Crippen LogP contribution < -0.4 is 5.32 Å². The van der Waals surface area contributed by atoms with Crippen LogP contribution in [0.5, 0.6) is 0 Å². The Balaban J connectivity index is 1.58. The summed E-state index contributed by atoms with van der Waals surface area (Å²) in [6.07, 6.45) is 0. The monoisotopic (exact) mass is 425 g/mol. The SMILES string of the molecule is Cc1ccc(CNC(=O)CN2CCN(Cc3ccc(F)cc3Cl)S2(=O)=O)cc1. The number of carbonyl (C=O) groups excluding carboxylic acids is 1.